The van der Waals surface area contributed by atoms with Crippen LogP contribution >= 0.6 is 11.6 Å². The SMILES string of the molecule is COc1ccc(-n2nc(Cl)cc2-c2ccc(OCCN)cc2)cc1. The van der Waals surface area contributed by atoms with Crippen molar-refractivity contribution in [2.24, 2.45) is 5.73 Å². The molecule has 0 amide bonds. The molecule has 0 aliphatic heterocycles. The summed E-state index contributed by atoms with van der Waals surface area (Å²) in [6.45, 7) is 0.983. The molecule has 3 rings (SSSR count). The molecular formula is C18H18ClN3O2. The molecule has 5 nitrogen and oxygen atoms in total. The van der Waals surface area contributed by atoms with Gasteiger partial charge < -0.3 is 15.2 Å². The van der Waals surface area contributed by atoms with Gasteiger partial charge in [-0.05, 0) is 48.5 Å². The molecule has 1 heterocycles. The summed E-state index contributed by atoms with van der Waals surface area (Å²) in [5.74, 6) is 1.57. The number of hydrogen-bond donors (Lipinski definition) is 1. The minimum absolute atomic E-state index is 0.435. The van der Waals surface area contributed by atoms with Gasteiger partial charge in [-0.2, -0.15) is 5.10 Å². The van der Waals surface area contributed by atoms with Gasteiger partial charge in [0.15, 0.2) is 5.15 Å². The van der Waals surface area contributed by atoms with Crippen LogP contribution in [-0.2, 0) is 0 Å². The van der Waals surface area contributed by atoms with Gasteiger partial charge in [-0.25, -0.2) is 4.68 Å². The van der Waals surface area contributed by atoms with Crippen molar-refractivity contribution < 1.29 is 9.47 Å². The quantitative estimate of drug-likeness (QED) is 0.743. The fourth-order valence-corrected chi connectivity index (χ4v) is 2.56. The number of hydrogen-bond acceptors (Lipinski definition) is 4. The van der Waals surface area contributed by atoms with Gasteiger partial charge in [0.2, 0.25) is 0 Å². The van der Waals surface area contributed by atoms with Gasteiger partial charge in [0.1, 0.15) is 18.1 Å². The third-order valence-corrected chi connectivity index (χ3v) is 3.72. The molecule has 1 aromatic heterocycles. The van der Waals surface area contributed by atoms with Gasteiger partial charge in [0.05, 0.1) is 18.5 Å². The standard InChI is InChI=1S/C18H18ClN3O2/c1-23-15-8-4-14(5-9-15)22-17(12-18(19)21-22)13-2-6-16(7-3-13)24-11-10-20/h2-9,12H,10-11,20H2,1H3. The van der Waals surface area contributed by atoms with Crippen molar-refractivity contribution in [3.8, 4) is 28.4 Å². The average Bonchev–Trinajstić information content (AvgIpc) is 3.02. The zero-order valence-electron chi connectivity index (χ0n) is 13.3. The summed E-state index contributed by atoms with van der Waals surface area (Å²) < 4.78 is 12.5. The van der Waals surface area contributed by atoms with E-state index < -0.39 is 0 Å². The summed E-state index contributed by atoms with van der Waals surface area (Å²) >= 11 is 6.13. The molecule has 124 valence electrons. The molecule has 0 unspecified atom stereocenters. The molecule has 0 fully saturated rings. The number of rotatable bonds is 6. The highest BCUT2D eigenvalue weighted by Gasteiger charge is 2.11. The van der Waals surface area contributed by atoms with Gasteiger partial charge in [0.25, 0.3) is 0 Å². The summed E-state index contributed by atoms with van der Waals surface area (Å²) in [6, 6.07) is 17.2. The van der Waals surface area contributed by atoms with E-state index in [2.05, 4.69) is 5.10 Å². The van der Waals surface area contributed by atoms with E-state index in [1.54, 1.807) is 11.8 Å². The number of nitrogens with two attached hydrogens (primary N) is 1. The van der Waals surface area contributed by atoms with E-state index in [0.29, 0.717) is 18.3 Å². The first-order valence-electron chi connectivity index (χ1n) is 7.54. The van der Waals surface area contributed by atoms with Crippen LogP contribution in [-0.4, -0.2) is 30.0 Å². The smallest absolute Gasteiger partial charge is 0.152 e. The highest BCUT2D eigenvalue weighted by atomic mass is 35.5. The maximum Gasteiger partial charge on any atom is 0.152 e. The van der Waals surface area contributed by atoms with Gasteiger partial charge >= 0.3 is 0 Å². The molecule has 0 saturated carbocycles. The van der Waals surface area contributed by atoms with E-state index in [9.17, 15) is 0 Å². The molecule has 24 heavy (non-hydrogen) atoms. The molecule has 0 radical (unpaired) electrons. The van der Waals surface area contributed by atoms with E-state index in [0.717, 1.165) is 28.4 Å². The lowest BCUT2D eigenvalue weighted by Gasteiger charge is -2.09. The minimum atomic E-state index is 0.435. The first-order valence-corrected chi connectivity index (χ1v) is 7.92. The number of benzene rings is 2. The summed E-state index contributed by atoms with van der Waals surface area (Å²) in [5, 5.41) is 4.81. The van der Waals surface area contributed by atoms with Crippen LogP contribution in [0.3, 0.4) is 0 Å². The molecule has 0 atom stereocenters. The summed E-state index contributed by atoms with van der Waals surface area (Å²) in [4.78, 5) is 0. The minimum Gasteiger partial charge on any atom is -0.497 e. The van der Waals surface area contributed by atoms with E-state index in [-0.39, 0.29) is 0 Å². The lowest BCUT2D eigenvalue weighted by molar-refractivity contribution is 0.328. The Hall–Kier alpha value is -2.50. The van der Waals surface area contributed by atoms with Crippen molar-refractivity contribution in [3.05, 3.63) is 59.8 Å². The molecular weight excluding hydrogens is 326 g/mol. The monoisotopic (exact) mass is 343 g/mol. The molecule has 3 aromatic rings. The van der Waals surface area contributed by atoms with Gasteiger partial charge in [-0.3, -0.25) is 0 Å². The molecule has 0 aliphatic rings. The maximum absolute atomic E-state index is 6.13. The molecule has 2 N–H and O–H groups in total. The second kappa shape index (κ2) is 7.38. The third kappa shape index (κ3) is 3.53. The second-order valence-corrected chi connectivity index (χ2v) is 5.51. The molecule has 2 aromatic carbocycles. The third-order valence-electron chi connectivity index (χ3n) is 3.53. The van der Waals surface area contributed by atoms with Crippen LogP contribution in [0.15, 0.2) is 54.6 Å². The van der Waals surface area contributed by atoms with Gasteiger partial charge in [-0.1, -0.05) is 11.6 Å². The van der Waals surface area contributed by atoms with Crippen molar-refractivity contribution in [1.82, 2.24) is 9.78 Å². The predicted octanol–water partition coefficient (Wildman–Crippen LogP) is 3.54. The van der Waals surface area contributed by atoms with E-state index in [1.165, 1.54) is 0 Å². The van der Waals surface area contributed by atoms with Gasteiger partial charge in [-0.15, -0.1) is 0 Å². The Kier molecular flexibility index (Phi) is 5.03. The Labute approximate surface area is 145 Å². The van der Waals surface area contributed by atoms with E-state index in [1.807, 2.05) is 54.6 Å². The van der Waals surface area contributed by atoms with Crippen LogP contribution < -0.4 is 15.2 Å². The van der Waals surface area contributed by atoms with Crippen molar-refractivity contribution >= 4 is 11.6 Å². The van der Waals surface area contributed by atoms with Crippen LogP contribution in [0.4, 0.5) is 0 Å². The Bertz CT molecular complexity index is 798. The van der Waals surface area contributed by atoms with Crippen molar-refractivity contribution in [2.45, 2.75) is 0 Å². The normalized spacial score (nSPS) is 10.6. The first kappa shape index (κ1) is 16.4. The highest BCUT2D eigenvalue weighted by Crippen LogP contribution is 2.28. The Morgan fingerprint density at radius 1 is 1.04 bits per heavy atom. The number of methoxy groups -OCH3 is 1. The fourth-order valence-electron chi connectivity index (χ4n) is 2.38. The zero-order chi connectivity index (χ0) is 16.9. The predicted molar refractivity (Wildman–Crippen MR) is 95.1 cm³/mol. The van der Waals surface area contributed by atoms with Crippen molar-refractivity contribution in [2.75, 3.05) is 20.3 Å². The number of halogens is 1. The van der Waals surface area contributed by atoms with E-state index >= 15 is 0 Å². The Morgan fingerprint density at radius 3 is 2.33 bits per heavy atom. The topological polar surface area (TPSA) is 62.3 Å². The lowest BCUT2D eigenvalue weighted by atomic mass is 10.1. The molecule has 0 aliphatic carbocycles. The summed E-state index contributed by atoms with van der Waals surface area (Å²) in [7, 11) is 1.64. The zero-order valence-corrected chi connectivity index (χ0v) is 14.0. The Morgan fingerprint density at radius 2 is 1.71 bits per heavy atom. The van der Waals surface area contributed by atoms with Crippen molar-refractivity contribution in [3.63, 3.8) is 0 Å². The van der Waals surface area contributed by atoms with Crippen LogP contribution in [0.25, 0.3) is 16.9 Å². The van der Waals surface area contributed by atoms with Crippen LogP contribution in [0, 0.1) is 0 Å². The van der Waals surface area contributed by atoms with Gasteiger partial charge in [0, 0.05) is 18.2 Å². The summed E-state index contributed by atoms with van der Waals surface area (Å²) in [5.41, 5.74) is 8.24. The molecule has 0 spiro atoms. The van der Waals surface area contributed by atoms with Crippen LogP contribution in [0.1, 0.15) is 0 Å². The lowest BCUT2D eigenvalue weighted by Crippen LogP contribution is -2.10. The first-order chi connectivity index (χ1) is 11.7. The average molecular weight is 344 g/mol. The molecule has 0 bridgehead atoms. The fraction of sp³-hybridized carbons (Fsp3) is 0.167. The molecule has 0 saturated heterocycles. The number of aromatic nitrogens is 2. The highest BCUT2D eigenvalue weighted by molar-refractivity contribution is 6.29. The molecule has 6 heteroatoms. The van der Waals surface area contributed by atoms with Crippen molar-refractivity contribution in [1.29, 1.82) is 0 Å². The largest absolute Gasteiger partial charge is 0.497 e. The summed E-state index contributed by atoms with van der Waals surface area (Å²) in [6.07, 6.45) is 0. The van der Waals surface area contributed by atoms with E-state index in [4.69, 9.17) is 26.8 Å². The van der Waals surface area contributed by atoms with Crippen LogP contribution in [0.5, 0.6) is 11.5 Å². The maximum atomic E-state index is 6.13. The number of nitrogens with zero attached hydrogens (tertiary/aromatic N) is 2. The Balaban J connectivity index is 1.93. The van der Waals surface area contributed by atoms with Crippen LogP contribution in [0.2, 0.25) is 5.15 Å². The second-order valence-electron chi connectivity index (χ2n) is 5.12. The number of ether oxygens (including phenoxy) is 2.